The van der Waals surface area contributed by atoms with Gasteiger partial charge in [0.15, 0.2) is 0 Å². The van der Waals surface area contributed by atoms with Gasteiger partial charge in [-0.15, -0.1) is 0 Å². The monoisotopic (exact) mass is 323 g/mol. The molecule has 0 saturated heterocycles. The Labute approximate surface area is 138 Å². The summed E-state index contributed by atoms with van der Waals surface area (Å²) in [4.78, 5) is 24.9. The van der Waals surface area contributed by atoms with Crippen LogP contribution < -0.4 is 0 Å². The van der Waals surface area contributed by atoms with Crippen molar-refractivity contribution < 1.29 is 19.1 Å². The van der Waals surface area contributed by atoms with E-state index in [9.17, 15) is 9.59 Å². The zero-order valence-electron chi connectivity index (χ0n) is 13.1. The summed E-state index contributed by atoms with van der Waals surface area (Å²) in [5, 5.41) is 12.2. The number of aliphatic carboxylic acids is 1. The van der Waals surface area contributed by atoms with Gasteiger partial charge in [0.05, 0.1) is 6.42 Å². The highest BCUT2D eigenvalue weighted by Crippen LogP contribution is 2.30. The lowest BCUT2D eigenvalue weighted by Crippen LogP contribution is -2.38. The second kappa shape index (κ2) is 5.67. The minimum absolute atomic E-state index is 0.0683. The summed E-state index contributed by atoms with van der Waals surface area (Å²) in [5.41, 5.74) is 0.743. The predicted octanol–water partition coefficient (Wildman–Crippen LogP) is 3.20. The zero-order chi connectivity index (χ0) is 16.7. The Balaban J connectivity index is 1.63. The summed E-state index contributed by atoms with van der Waals surface area (Å²) in [6.45, 7) is -0.243. The number of benzene rings is 2. The SMILES string of the molecule is O=C(O)CN(C(=O)Cc1cc2c(ccc3ccccc32)o1)C1CC1. The minimum Gasteiger partial charge on any atom is -0.480 e. The topological polar surface area (TPSA) is 70.8 Å². The number of rotatable bonds is 5. The zero-order valence-corrected chi connectivity index (χ0v) is 13.1. The molecule has 0 bridgehead atoms. The molecular weight excluding hydrogens is 306 g/mol. The molecule has 1 aromatic heterocycles. The van der Waals surface area contributed by atoms with Gasteiger partial charge in [0.2, 0.25) is 5.91 Å². The van der Waals surface area contributed by atoms with Crippen molar-refractivity contribution in [3.8, 4) is 0 Å². The fourth-order valence-electron chi connectivity index (χ4n) is 3.14. The van der Waals surface area contributed by atoms with E-state index in [-0.39, 0.29) is 24.9 Å². The van der Waals surface area contributed by atoms with Crippen LogP contribution in [0.15, 0.2) is 46.9 Å². The summed E-state index contributed by atoms with van der Waals surface area (Å²) in [6.07, 6.45) is 1.85. The largest absolute Gasteiger partial charge is 0.480 e. The van der Waals surface area contributed by atoms with Gasteiger partial charge in [-0.2, -0.15) is 0 Å². The molecule has 2 aromatic carbocycles. The first kappa shape index (κ1) is 14.8. The molecule has 5 nitrogen and oxygen atoms in total. The van der Waals surface area contributed by atoms with Crippen molar-refractivity contribution in [1.29, 1.82) is 0 Å². The van der Waals surface area contributed by atoms with Gasteiger partial charge in [-0.3, -0.25) is 9.59 Å². The molecule has 5 heteroatoms. The molecule has 0 spiro atoms. The Morgan fingerprint density at radius 3 is 2.67 bits per heavy atom. The van der Waals surface area contributed by atoms with Crippen LogP contribution in [-0.2, 0) is 16.0 Å². The number of carbonyl (C=O) groups excluding carboxylic acids is 1. The van der Waals surface area contributed by atoms with Crippen LogP contribution >= 0.6 is 0 Å². The van der Waals surface area contributed by atoms with E-state index >= 15 is 0 Å². The third-order valence-corrected chi connectivity index (χ3v) is 4.42. The van der Waals surface area contributed by atoms with Crippen LogP contribution in [0.2, 0.25) is 0 Å². The molecule has 1 N–H and O–H groups in total. The summed E-state index contributed by atoms with van der Waals surface area (Å²) in [6, 6.07) is 13.9. The lowest BCUT2D eigenvalue weighted by molar-refractivity contribution is -0.144. The second-order valence-corrected chi connectivity index (χ2v) is 6.23. The third kappa shape index (κ3) is 2.73. The standard InChI is InChI=1S/C19H17NO4/c21-18(20(11-19(22)23)13-6-7-13)10-14-9-16-15-4-2-1-3-12(15)5-8-17(16)24-14/h1-5,8-9,13H,6-7,10-11H2,(H,22,23). The van der Waals surface area contributed by atoms with Gasteiger partial charge in [0, 0.05) is 11.4 Å². The Morgan fingerprint density at radius 2 is 1.92 bits per heavy atom. The van der Waals surface area contributed by atoms with Crippen LogP contribution in [0.5, 0.6) is 0 Å². The molecular formula is C19H17NO4. The Bertz CT molecular complexity index is 939. The number of furan rings is 1. The van der Waals surface area contributed by atoms with E-state index in [4.69, 9.17) is 9.52 Å². The fourth-order valence-corrected chi connectivity index (χ4v) is 3.14. The van der Waals surface area contributed by atoms with E-state index in [0.29, 0.717) is 5.76 Å². The maximum absolute atomic E-state index is 12.5. The maximum Gasteiger partial charge on any atom is 0.323 e. The normalized spacial score (nSPS) is 14.2. The molecule has 4 rings (SSSR count). The number of hydrogen-bond acceptors (Lipinski definition) is 3. The first-order valence-electron chi connectivity index (χ1n) is 8.03. The van der Waals surface area contributed by atoms with E-state index < -0.39 is 5.97 Å². The number of hydrogen-bond donors (Lipinski definition) is 1. The maximum atomic E-state index is 12.5. The molecule has 24 heavy (non-hydrogen) atoms. The molecule has 1 heterocycles. The van der Waals surface area contributed by atoms with Crippen LogP contribution in [0.1, 0.15) is 18.6 Å². The molecule has 0 atom stereocenters. The van der Waals surface area contributed by atoms with Crippen molar-refractivity contribution in [2.75, 3.05) is 6.54 Å². The molecule has 1 amide bonds. The summed E-state index contributed by atoms with van der Waals surface area (Å²) < 4.78 is 5.81. The van der Waals surface area contributed by atoms with Gasteiger partial charge in [0.25, 0.3) is 0 Å². The van der Waals surface area contributed by atoms with Gasteiger partial charge < -0.3 is 14.4 Å². The smallest absolute Gasteiger partial charge is 0.323 e. The first-order chi connectivity index (χ1) is 11.6. The number of carboxylic acid groups (broad SMARTS) is 1. The van der Waals surface area contributed by atoms with Gasteiger partial charge in [-0.25, -0.2) is 0 Å². The van der Waals surface area contributed by atoms with E-state index in [0.717, 1.165) is 34.6 Å². The van der Waals surface area contributed by atoms with E-state index in [1.165, 1.54) is 4.90 Å². The highest BCUT2D eigenvalue weighted by Gasteiger charge is 2.34. The van der Waals surface area contributed by atoms with Crippen LogP contribution in [0.4, 0.5) is 0 Å². The first-order valence-corrected chi connectivity index (χ1v) is 8.03. The minimum atomic E-state index is -0.981. The third-order valence-electron chi connectivity index (χ3n) is 4.42. The molecule has 1 saturated carbocycles. The Kier molecular flexibility index (Phi) is 3.49. The van der Waals surface area contributed by atoms with Crippen LogP contribution in [0.3, 0.4) is 0 Å². The molecule has 0 radical (unpaired) electrons. The van der Waals surface area contributed by atoms with Crippen molar-refractivity contribution in [3.63, 3.8) is 0 Å². The highest BCUT2D eigenvalue weighted by molar-refractivity contribution is 6.06. The predicted molar refractivity (Wildman–Crippen MR) is 89.8 cm³/mol. The van der Waals surface area contributed by atoms with Gasteiger partial charge in [-0.05, 0) is 35.7 Å². The highest BCUT2D eigenvalue weighted by atomic mass is 16.4. The lowest BCUT2D eigenvalue weighted by Gasteiger charge is -2.19. The molecule has 0 unspecified atom stereocenters. The van der Waals surface area contributed by atoms with E-state index in [1.807, 2.05) is 42.5 Å². The van der Waals surface area contributed by atoms with Crippen LogP contribution in [-0.4, -0.2) is 34.5 Å². The van der Waals surface area contributed by atoms with Gasteiger partial charge >= 0.3 is 5.97 Å². The fraction of sp³-hybridized carbons (Fsp3) is 0.263. The van der Waals surface area contributed by atoms with Gasteiger partial charge in [0.1, 0.15) is 17.9 Å². The lowest BCUT2D eigenvalue weighted by atomic mass is 10.1. The van der Waals surface area contributed by atoms with E-state index in [2.05, 4.69) is 0 Å². The molecule has 1 aliphatic rings. The summed E-state index contributed by atoms with van der Waals surface area (Å²) >= 11 is 0. The van der Waals surface area contributed by atoms with Crippen molar-refractivity contribution in [2.45, 2.75) is 25.3 Å². The Morgan fingerprint density at radius 1 is 1.12 bits per heavy atom. The second-order valence-electron chi connectivity index (χ2n) is 6.23. The number of carbonyl (C=O) groups is 2. The number of fused-ring (bicyclic) bond motifs is 3. The molecule has 1 fully saturated rings. The molecule has 3 aromatic rings. The van der Waals surface area contributed by atoms with E-state index in [1.54, 1.807) is 0 Å². The van der Waals surface area contributed by atoms with Crippen molar-refractivity contribution in [2.24, 2.45) is 0 Å². The quantitative estimate of drug-likeness (QED) is 0.783. The summed E-state index contributed by atoms with van der Waals surface area (Å²) in [7, 11) is 0. The van der Waals surface area contributed by atoms with Gasteiger partial charge in [-0.1, -0.05) is 30.3 Å². The average Bonchev–Trinajstić information content (AvgIpc) is 3.31. The Hall–Kier alpha value is -2.82. The molecule has 0 aliphatic heterocycles. The van der Waals surface area contributed by atoms with Crippen LogP contribution in [0.25, 0.3) is 21.7 Å². The van der Waals surface area contributed by atoms with Crippen molar-refractivity contribution >= 4 is 33.6 Å². The van der Waals surface area contributed by atoms with Crippen molar-refractivity contribution in [3.05, 3.63) is 48.2 Å². The summed E-state index contributed by atoms with van der Waals surface area (Å²) in [5.74, 6) is -0.600. The number of carboxylic acids is 1. The van der Waals surface area contributed by atoms with Crippen molar-refractivity contribution in [1.82, 2.24) is 4.90 Å². The number of amides is 1. The number of nitrogens with zero attached hydrogens (tertiary/aromatic N) is 1. The van der Waals surface area contributed by atoms with Crippen LogP contribution in [0, 0.1) is 0 Å². The molecule has 122 valence electrons. The average molecular weight is 323 g/mol. The molecule has 1 aliphatic carbocycles.